The molecule has 0 amide bonds. The summed E-state index contributed by atoms with van der Waals surface area (Å²) in [6.07, 6.45) is -2.33. The molecule has 2 N–H and O–H groups in total. The lowest BCUT2D eigenvalue weighted by molar-refractivity contribution is 0.111. The Hall–Kier alpha value is -1.72. The molecule has 0 aliphatic rings. The first-order chi connectivity index (χ1) is 6.60. The summed E-state index contributed by atoms with van der Waals surface area (Å²) in [6.45, 7) is 0. The number of aromatic nitrogens is 1. The molecular weight excluding hydrogens is 194 g/mol. The minimum absolute atomic E-state index is 0.0168. The number of halogens is 2. The van der Waals surface area contributed by atoms with Crippen LogP contribution >= 0.6 is 0 Å². The third-order valence-corrected chi connectivity index (χ3v) is 1.61. The number of alkyl halides is 2. The third-order valence-electron chi connectivity index (χ3n) is 1.61. The molecule has 4 nitrogen and oxygen atoms in total. The van der Waals surface area contributed by atoms with Gasteiger partial charge in [-0.3, -0.25) is 4.79 Å². The number of aldehydes is 1. The number of nitrogen functional groups attached to an aromatic ring is 1. The van der Waals surface area contributed by atoms with E-state index in [1.807, 2.05) is 0 Å². The zero-order valence-corrected chi connectivity index (χ0v) is 7.33. The van der Waals surface area contributed by atoms with E-state index < -0.39 is 12.1 Å². The smallest absolute Gasteiger partial charge is 0.280 e. The molecule has 0 aliphatic carbocycles. The van der Waals surface area contributed by atoms with Gasteiger partial charge in [0.05, 0.1) is 12.7 Å². The number of nitrogens with zero attached hydrogens (tertiary/aromatic N) is 1. The second-order valence-electron chi connectivity index (χ2n) is 2.48. The highest BCUT2D eigenvalue weighted by Gasteiger charge is 2.16. The summed E-state index contributed by atoms with van der Waals surface area (Å²) in [7, 11) is 1.23. The number of nitrogens with two attached hydrogens (primary N) is 1. The minimum atomic E-state index is -2.74. The molecular formula is C8H8F2N2O2. The average molecular weight is 202 g/mol. The van der Waals surface area contributed by atoms with E-state index in [2.05, 4.69) is 9.72 Å². The number of rotatable bonds is 3. The molecule has 1 aromatic rings. The molecule has 0 radical (unpaired) electrons. The molecule has 0 spiro atoms. The predicted octanol–water partition coefficient (Wildman–Crippen LogP) is 1.42. The van der Waals surface area contributed by atoms with E-state index >= 15 is 0 Å². The van der Waals surface area contributed by atoms with E-state index in [1.54, 1.807) is 0 Å². The Morgan fingerprint density at radius 2 is 2.29 bits per heavy atom. The van der Waals surface area contributed by atoms with Gasteiger partial charge in [-0.2, -0.15) is 0 Å². The number of carbonyl (C=O) groups excluding carboxylic acids is 1. The molecule has 6 heteroatoms. The van der Waals surface area contributed by atoms with Gasteiger partial charge in [-0.05, 0) is 6.07 Å². The van der Waals surface area contributed by atoms with Gasteiger partial charge in [-0.1, -0.05) is 0 Å². The van der Waals surface area contributed by atoms with E-state index in [-0.39, 0.29) is 17.1 Å². The molecule has 1 heterocycles. The van der Waals surface area contributed by atoms with Crippen molar-refractivity contribution in [3.63, 3.8) is 0 Å². The van der Waals surface area contributed by atoms with Crippen LogP contribution in [0.3, 0.4) is 0 Å². The van der Waals surface area contributed by atoms with Gasteiger partial charge in [0.2, 0.25) is 5.88 Å². The summed E-state index contributed by atoms with van der Waals surface area (Å²) < 4.78 is 29.1. The summed E-state index contributed by atoms with van der Waals surface area (Å²) >= 11 is 0. The van der Waals surface area contributed by atoms with Gasteiger partial charge in [0.15, 0.2) is 6.29 Å². The van der Waals surface area contributed by atoms with Crippen LogP contribution in [0.25, 0.3) is 0 Å². The van der Waals surface area contributed by atoms with Crippen LogP contribution in [0.2, 0.25) is 0 Å². The average Bonchev–Trinajstić information content (AvgIpc) is 2.16. The number of pyridine rings is 1. The Morgan fingerprint density at radius 3 is 2.71 bits per heavy atom. The number of carbonyl (C=O) groups is 1. The lowest BCUT2D eigenvalue weighted by Gasteiger charge is -2.07. The molecule has 0 aromatic carbocycles. The monoisotopic (exact) mass is 202 g/mol. The van der Waals surface area contributed by atoms with Crippen LogP contribution in [0.1, 0.15) is 22.5 Å². The van der Waals surface area contributed by atoms with Crippen molar-refractivity contribution < 1.29 is 18.3 Å². The molecule has 0 saturated heterocycles. The largest absolute Gasteiger partial charge is 0.480 e. The number of methoxy groups -OCH3 is 1. The van der Waals surface area contributed by atoms with Crippen LogP contribution in [0.4, 0.5) is 14.5 Å². The molecule has 0 saturated carbocycles. The van der Waals surface area contributed by atoms with Crippen molar-refractivity contribution in [1.29, 1.82) is 0 Å². The van der Waals surface area contributed by atoms with Crippen molar-refractivity contribution in [2.45, 2.75) is 6.43 Å². The highest BCUT2D eigenvalue weighted by Crippen LogP contribution is 2.26. The van der Waals surface area contributed by atoms with Crippen molar-refractivity contribution >= 4 is 12.0 Å². The molecule has 0 fully saturated rings. The van der Waals surface area contributed by atoms with Gasteiger partial charge in [0, 0.05) is 5.69 Å². The van der Waals surface area contributed by atoms with Crippen molar-refractivity contribution in [3.05, 3.63) is 17.3 Å². The highest BCUT2D eigenvalue weighted by molar-refractivity contribution is 5.86. The second-order valence-corrected chi connectivity index (χ2v) is 2.48. The Morgan fingerprint density at radius 1 is 1.64 bits per heavy atom. The fourth-order valence-electron chi connectivity index (χ4n) is 0.956. The van der Waals surface area contributed by atoms with E-state index in [0.29, 0.717) is 6.29 Å². The number of ether oxygens (including phenoxy) is 1. The predicted molar refractivity (Wildman–Crippen MR) is 45.5 cm³/mol. The van der Waals surface area contributed by atoms with Gasteiger partial charge in [-0.15, -0.1) is 0 Å². The maximum absolute atomic E-state index is 12.2. The maximum atomic E-state index is 12.2. The lowest BCUT2D eigenvalue weighted by atomic mass is 10.2. The zero-order chi connectivity index (χ0) is 10.7. The molecule has 76 valence electrons. The first kappa shape index (κ1) is 10.4. The Balaban J connectivity index is 3.31. The normalized spacial score (nSPS) is 10.3. The fraction of sp³-hybridized carbons (Fsp3) is 0.250. The molecule has 0 aliphatic heterocycles. The standard InChI is InChI=1S/C8H8F2N2O2/c1-14-8-4(3-13)5(11)2-6(12-8)7(9)10/h2-3,7H,1H3,(H2,11,12). The summed E-state index contributed by atoms with van der Waals surface area (Å²) in [4.78, 5) is 13.9. The van der Waals surface area contributed by atoms with Crippen LogP contribution in [0.5, 0.6) is 5.88 Å². The minimum Gasteiger partial charge on any atom is -0.480 e. The van der Waals surface area contributed by atoms with Crippen LogP contribution in [-0.2, 0) is 0 Å². The van der Waals surface area contributed by atoms with Crippen molar-refractivity contribution in [3.8, 4) is 5.88 Å². The topological polar surface area (TPSA) is 65.2 Å². The maximum Gasteiger partial charge on any atom is 0.280 e. The Labute approximate surface area is 78.7 Å². The van der Waals surface area contributed by atoms with Crippen molar-refractivity contribution in [2.75, 3.05) is 12.8 Å². The zero-order valence-electron chi connectivity index (χ0n) is 7.33. The van der Waals surface area contributed by atoms with E-state index in [0.717, 1.165) is 6.07 Å². The van der Waals surface area contributed by atoms with E-state index in [1.165, 1.54) is 7.11 Å². The SMILES string of the molecule is COc1nc(C(F)F)cc(N)c1C=O. The third kappa shape index (κ3) is 1.78. The summed E-state index contributed by atoms with van der Waals surface area (Å²) in [5, 5.41) is 0. The van der Waals surface area contributed by atoms with Crippen LogP contribution in [0.15, 0.2) is 6.07 Å². The van der Waals surface area contributed by atoms with Crippen molar-refractivity contribution in [1.82, 2.24) is 4.98 Å². The molecule has 1 aromatic heterocycles. The number of hydrogen-bond donors (Lipinski definition) is 1. The summed E-state index contributed by atoms with van der Waals surface area (Å²) in [5.41, 5.74) is 4.77. The quantitative estimate of drug-likeness (QED) is 0.753. The van der Waals surface area contributed by atoms with Gasteiger partial charge in [0.25, 0.3) is 6.43 Å². The fourth-order valence-corrected chi connectivity index (χ4v) is 0.956. The van der Waals surface area contributed by atoms with Crippen LogP contribution in [-0.4, -0.2) is 18.4 Å². The Kier molecular flexibility index (Phi) is 2.95. The van der Waals surface area contributed by atoms with E-state index in [4.69, 9.17) is 5.73 Å². The van der Waals surface area contributed by atoms with Crippen molar-refractivity contribution in [2.24, 2.45) is 0 Å². The van der Waals surface area contributed by atoms with Gasteiger partial charge in [-0.25, -0.2) is 13.8 Å². The highest BCUT2D eigenvalue weighted by atomic mass is 19.3. The molecule has 0 atom stereocenters. The number of hydrogen-bond acceptors (Lipinski definition) is 4. The first-order valence-electron chi connectivity index (χ1n) is 3.68. The molecule has 0 unspecified atom stereocenters. The lowest BCUT2D eigenvalue weighted by Crippen LogP contribution is -2.03. The van der Waals surface area contributed by atoms with E-state index in [9.17, 15) is 13.6 Å². The van der Waals surface area contributed by atoms with Gasteiger partial charge in [0.1, 0.15) is 5.69 Å². The van der Waals surface area contributed by atoms with Gasteiger partial charge < -0.3 is 10.5 Å². The van der Waals surface area contributed by atoms with Gasteiger partial charge >= 0.3 is 0 Å². The first-order valence-corrected chi connectivity index (χ1v) is 3.68. The molecule has 1 rings (SSSR count). The Bertz CT molecular complexity index is 355. The summed E-state index contributed by atoms with van der Waals surface area (Å²) in [6, 6.07) is 0.955. The molecule has 14 heavy (non-hydrogen) atoms. The number of anilines is 1. The molecule has 0 bridgehead atoms. The van der Waals surface area contributed by atoms with Crippen LogP contribution in [0, 0.1) is 0 Å². The summed E-state index contributed by atoms with van der Waals surface area (Å²) in [5.74, 6) is -0.185. The second kappa shape index (κ2) is 3.99. The van der Waals surface area contributed by atoms with Crippen LogP contribution < -0.4 is 10.5 Å².